The molecule has 1 aromatic rings. The van der Waals surface area contributed by atoms with Gasteiger partial charge in [-0.1, -0.05) is 25.4 Å². The first-order valence-corrected chi connectivity index (χ1v) is 8.06. The van der Waals surface area contributed by atoms with Gasteiger partial charge < -0.3 is 10.1 Å². The van der Waals surface area contributed by atoms with Crippen molar-refractivity contribution in [1.82, 2.24) is 5.32 Å². The van der Waals surface area contributed by atoms with Gasteiger partial charge in [-0.3, -0.25) is 4.79 Å². The number of ether oxygens (including phenoxy) is 1. The number of benzene rings is 1. The summed E-state index contributed by atoms with van der Waals surface area (Å²) in [4.78, 5) is 23.2. The fourth-order valence-corrected chi connectivity index (χ4v) is 2.13. The Morgan fingerprint density at radius 1 is 1.28 bits per heavy atom. The highest BCUT2D eigenvalue weighted by Gasteiger charge is 2.30. The highest BCUT2D eigenvalue weighted by Crippen LogP contribution is 2.32. The molecule has 1 amide bonds. The fraction of sp³-hybridized carbons (Fsp3) is 0.412. The van der Waals surface area contributed by atoms with Gasteiger partial charge in [-0.15, -0.1) is 0 Å². The lowest BCUT2D eigenvalue weighted by molar-refractivity contribution is -0.144. The number of rotatable bonds is 7. The number of alkyl halides is 3. The average Bonchev–Trinajstić information content (AvgIpc) is 2.56. The van der Waals surface area contributed by atoms with Crippen LogP contribution in [0.2, 0.25) is 5.02 Å². The second-order valence-corrected chi connectivity index (χ2v) is 5.66. The van der Waals surface area contributed by atoms with Crippen LogP contribution in [0, 0.1) is 0 Å². The Bertz CT molecular complexity index is 641. The maximum atomic E-state index is 12.7. The molecule has 8 heteroatoms. The Morgan fingerprint density at radius 2 is 1.92 bits per heavy atom. The normalized spacial score (nSPS) is 11.8. The summed E-state index contributed by atoms with van der Waals surface area (Å²) in [7, 11) is 0. The molecule has 0 aliphatic rings. The maximum Gasteiger partial charge on any atom is 0.416 e. The van der Waals surface area contributed by atoms with Crippen molar-refractivity contribution in [2.45, 2.75) is 38.9 Å². The van der Waals surface area contributed by atoms with Crippen molar-refractivity contribution in [2.75, 3.05) is 6.61 Å². The molecule has 0 aromatic heterocycles. The lowest BCUT2D eigenvalue weighted by Gasteiger charge is -2.14. The van der Waals surface area contributed by atoms with E-state index in [9.17, 15) is 22.8 Å². The van der Waals surface area contributed by atoms with Gasteiger partial charge >= 0.3 is 12.1 Å². The molecule has 0 radical (unpaired) electrons. The highest BCUT2D eigenvalue weighted by atomic mass is 35.5. The standard InChI is InChI=1S/C17H19ClF3NO3/c1-3-13(4-2)22-15(23)10-25-16(24)8-5-11-9-12(17(19,20)21)6-7-14(11)18/h5-9,13H,3-4,10H2,1-2H3,(H,22,23)/b8-5+. The zero-order chi connectivity index (χ0) is 19.0. The van der Waals surface area contributed by atoms with E-state index >= 15 is 0 Å². The van der Waals surface area contributed by atoms with Crippen LogP contribution >= 0.6 is 11.6 Å². The molecule has 0 atom stereocenters. The van der Waals surface area contributed by atoms with Crippen molar-refractivity contribution in [3.63, 3.8) is 0 Å². The number of hydrogen-bond acceptors (Lipinski definition) is 3. The summed E-state index contributed by atoms with van der Waals surface area (Å²) in [6, 6.07) is 2.77. The molecule has 138 valence electrons. The van der Waals surface area contributed by atoms with E-state index < -0.39 is 30.2 Å². The van der Waals surface area contributed by atoms with Crippen LogP contribution in [-0.4, -0.2) is 24.5 Å². The van der Waals surface area contributed by atoms with Crippen LogP contribution in [0.15, 0.2) is 24.3 Å². The van der Waals surface area contributed by atoms with Gasteiger partial charge in [-0.25, -0.2) is 4.79 Å². The quantitative estimate of drug-likeness (QED) is 0.571. The molecule has 1 aromatic carbocycles. The summed E-state index contributed by atoms with van der Waals surface area (Å²) in [5, 5.41) is 2.75. The number of halogens is 4. The molecule has 1 N–H and O–H groups in total. The molecule has 1 rings (SSSR count). The summed E-state index contributed by atoms with van der Waals surface area (Å²) in [5.74, 6) is -1.29. The van der Waals surface area contributed by atoms with E-state index in [2.05, 4.69) is 5.32 Å². The lowest BCUT2D eigenvalue weighted by Crippen LogP contribution is -2.36. The Kier molecular flexibility index (Phi) is 7.96. The Hall–Kier alpha value is -2.02. The molecule has 0 aliphatic heterocycles. The molecular formula is C17H19ClF3NO3. The minimum atomic E-state index is -4.51. The summed E-state index contributed by atoms with van der Waals surface area (Å²) >= 11 is 5.81. The number of hydrogen-bond donors (Lipinski definition) is 1. The molecule has 0 unspecified atom stereocenters. The summed E-state index contributed by atoms with van der Waals surface area (Å²) in [6.45, 7) is 3.37. The molecule has 0 heterocycles. The SMILES string of the molecule is CCC(CC)NC(=O)COC(=O)/C=C/c1cc(C(F)(F)F)ccc1Cl. The van der Waals surface area contributed by atoms with Gasteiger partial charge in [0.1, 0.15) is 0 Å². The number of esters is 1. The van der Waals surface area contributed by atoms with Gasteiger partial charge in [-0.2, -0.15) is 13.2 Å². The van der Waals surface area contributed by atoms with Crippen LogP contribution in [0.4, 0.5) is 13.2 Å². The lowest BCUT2D eigenvalue weighted by atomic mass is 10.1. The van der Waals surface area contributed by atoms with Crippen LogP contribution in [0.3, 0.4) is 0 Å². The second-order valence-electron chi connectivity index (χ2n) is 5.26. The number of amides is 1. The summed E-state index contributed by atoms with van der Waals surface area (Å²) in [6.07, 6.45) is -0.973. The van der Waals surface area contributed by atoms with Gasteiger partial charge in [0.25, 0.3) is 5.91 Å². The van der Waals surface area contributed by atoms with E-state index in [0.717, 1.165) is 43.2 Å². The molecule has 0 saturated carbocycles. The van der Waals surface area contributed by atoms with E-state index in [4.69, 9.17) is 16.3 Å². The first kappa shape index (κ1) is 21.0. The first-order chi connectivity index (χ1) is 11.7. The number of nitrogens with one attached hydrogen (secondary N) is 1. The molecule has 4 nitrogen and oxygen atoms in total. The number of carbonyl (C=O) groups is 2. The zero-order valence-corrected chi connectivity index (χ0v) is 14.6. The number of carbonyl (C=O) groups excluding carboxylic acids is 2. The van der Waals surface area contributed by atoms with E-state index in [-0.39, 0.29) is 16.6 Å². The van der Waals surface area contributed by atoms with Gasteiger partial charge in [0, 0.05) is 17.1 Å². The third kappa shape index (κ3) is 7.17. The fourth-order valence-electron chi connectivity index (χ4n) is 1.95. The molecule has 0 bridgehead atoms. The van der Waals surface area contributed by atoms with Gasteiger partial charge in [-0.05, 0) is 42.7 Å². The second kappa shape index (κ2) is 9.46. The molecule has 0 aliphatic carbocycles. The minimum Gasteiger partial charge on any atom is -0.452 e. The Morgan fingerprint density at radius 3 is 2.48 bits per heavy atom. The largest absolute Gasteiger partial charge is 0.452 e. The van der Waals surface area contributed by atoms with Crippen LogP contribution in [0.5, 0.6) is 0 Å². The van der Waals surface area contributed by atoms with E-state index in [1.165, 1.54) is 0 Å². The van der Waals surface area contributed by atoms with Crippen molar-refractivity contribution in [3.8, 4) is 0 Å². The summed E-state index contributed by atoms with van der Waals surface area (Å²) in [5.41, 5.74) is -0.857. The minimum absolute atomic E-state index is 0.00524. The Labute approximate surface area is 149 Å². The summed E-state index contributed by atoms with van der Waals surface area (Å²) < 4.78 is 42.8. The predicted molar refractivity (Wildman–Crippen MR) is 89.0 cm³/mol. The maximum absolute atomic E-state index is 12.7. The third-order valence-corrected chi connectivity index (χ3v) is 3.76. The van der Waals surface area contributed by atoms with Crippen molar-refractivity contribution >= 4 is 29.6 Å². The van der Waals surface area contributed by atoms with E-state index in [1.54, 1.807) is 0 Å². The van der Waals surface area contributed by atoms with Gasteiger partial charge in [0.2, 0.25) is 0 Å². The average molecular weight is 378 g/mol. The van der Waals surface area contributed by atoms with Crippen molar-refractivity contribution in [2.24, 2.45) is 0 Å². The van der Waals surface area contributed by atoms with Crippen LogP contribution in [0.25, 0.3) is 6.08 Å². The zero-order valence-electron chi connectivity index (χ0n) is 13.8. The van der Waals surface area contributed by atoms with Crippen LogP contribution in [-0.2, 0) is 20.5 Å². The molecular weight excluding hydrogens is 359 g/mol. The van der Waals surface area contributed by atoms with Gasteiger partial charge in [0.15, 0.2) is 6.61 Å². The van der Waals surface area contributed by atoms with Crippen LogP contribution in [0.1, 0.15) is 37.8 Å². The van der Waals surface area contributed by atoms with Crippen molar-refractivity contribution < 1.29 is 27.5 Å². The van der Waals surface area contributed by atoms with E-state index in [0.29, 0.717) is 0 Å². The van der Waals surface area contributed by atoms with E-state index in [1.807, 2.05) is 13.8 Å². The molecule has 0 saturated heterocycles. The smallest absolute Gasteiger partial charge is 0.416 e. The predicted octanol–water partition coefficient (Wildman–Crippen LogP) is 4.22. The highest BCUT2D eigenvalue weighted by molar-refractivity contribution is 6.32. The van der Waals surface area contributed by atoms with Crippen molar-refractivity contribution in [3.05, 3.63) is 40.4 Å². The molecule has 25 heavy (non-hydrogen) atoms. The topological polar surface area (TPSA) is 55.4 Å². The monoisotopic (exact) mass is 377 g/mol. The third-order valence-electron chi connectivity index (χ3n) is 3.42. The van der Waals surface area contributed by atoms with Crippen LogP contribution < -0.4 is 5.32 Å². The molecule has 0 fully saturated rings. The van der Waals surface area contributed by atoms with Gasteiger partial charge in [0.05, 0.1) is 5.56 Å². The Balaban J connectivity index is 2.64. The first-order valence-electron chi connectivity index (χ1n) is 7.68. The molecule has 0 spiro atoms. The van der Waals surface area contributed by atoms with Crippen molar-refractivity contribution in [1.29, 1.82) is 0 Å².